The maximum absolute atomic E-state index is 11.8. The second-order valence-electron chi connectivity index (χ2n) is 3.44. The van der Waals surface area contributed by atoms with Gasteiger partial charge in [0, 0.05) is 6.20 Å². The van der Waals surface area contributed by atoms with Crippen molar-refractivity contribution in [3.63, 3.8) is 0 Å². The third-order valence-electron chi connectivity index (χ3n) is 2.25. The molecule has 0 unspecified atom stereocenters. The van der Waals surface area contributed by atoms with Crippen LogP contribution in [0.4, 0.5) is 5.69 Å². The average Bonchev–Trinajstić information content (AvgIpc) is 2.90. The van der Waals surface area contributed by atoms with Gasteiger partial charge >= 0.3 is 5.97 Å². The molecular weight excluding hydrogens is 309 g/mol. The van der Waals surface area contributed by atoms with Gasteiger partial charge in [-0.05, 0) is 6.92 Å². The molecule has 8 heteroatoms. The third kappa shape index (κ3) is 2.65. The second kappa shape index (κ2) is 5.73. The van der Waals surface area contributed by atoms with E-state index in [2.05, 4.69) is 9.97 Å². The number of aromatic nitrogens is 2. The minimum atomic E-state index is -0.637. The van der Waals surface area contributed by atoms with E-state index in [1.54, 1.807) is 18.6 Å². The number of nitrogens with two attached hydrogens (primary N) is 1. The normalized spacial score (nSPS) is 10.5. The molecule has 2 heterocycles. The number of pyridine rings is 1. The van der Waals surface area contributed by atoms with Crippen LogP contribution in [0.25, 0.3) is 10.6 Å². The Hall–Kier alpha value is -1.37. The van der Waals surface area contributed by atoms with Crippen molar-refractivity contribution >= 4 is 46.2 Å². The van der Waals surface area contributed by atoms with Gasteiger partial charge in [0.1, 0.15) is 5.69 Å². The molecule has 0 saturated carbocycles. The van der Waals surface area contributed by atoms with Gasteiger partial charge in [-0.25, -0.2) is 9.78 Å². The average molecular weight is 318 g/mol. The molecule has 19 heavy (non-hydrogen) atoms. The molecule has 0 saturated heterocycles. The topological polar surface area (TPSA) is 78.1 Å². The standard InChI is InChI=1S/C11H9Cl2N3O2S/c1-2-18-11(17)10-7(13)8(14)6(12)9(16-10)5-3-15-4-19-5/h3-4H,2H2,1H3,(H2,14,16). The molecule has 0 aromatic carbocycles. The molecule has 0 aliphatic heterocycles. The van der Waals surface area contributed by atoms with E-state index < -0.39 is 5.97 Å². The van der Waals surface area contributed by atoms with E-state index in [4.69, 9.17) is 33.7 Å². The molecule has 0 spiro atoms. The molecular formula is C11H9Cl2N3O2S. The first kappa shape index (κ1) is 14.0. The molecule has 0 amide bonds. The van der Waals surface area contributed by atoms with E-state index in [1.807, 2.05) is 0 Å². The number of thiazole rings is 1. The minimum Gasteiger partial charge on any atom is -0.461 e. The fourth-order valence-corrected chi connectivity index (χ4v) is 2.57. The molecule has 5 nitrogen and oxygen atoms in total. The number of carbonyl (C=O) groups excluding carboxylic acids is 1. The quantitative estimate of drug-likeness (QED) is 0.879. The molecule has 100 valence electrons. The number of nitrogens with zero attached hydrogens (tertiary/aromatic N) is 2. The van der Waals surface area contributed by atoms with E-state index in [9.17, 15) is 4.79 Å². The smallest absolute Gasteiger partial charge is 0.358 e. The van der Waals surface area contributed by atoms with Gasteiger partial charge in [-0.15, -0.1) is 11.3 Å². The number of ether oxygens (including phenoxy) is 1. The highest BCUT2D eigenvalue weighted by Gasteiger charge is 2.22. The Morgan fingerprint density at radius 1 is 1.47 bits per heavy atom. The summed E-state index contributed by atoms with van der Waals surface area (Å²) in [4.78, 5) is 20.5. The van der Waals surface area contributed by atoms with Crippen LogP contribution in [-0.2, 0) is 4.74 Å². The van der Waals surface area contributed by atoms with Gasteiger partial charge in [-0.2, -0.15) is 0 Å². The molecule has 0 radical (unpaired) electrons. The number of hydrogen-bond acceptors (Lipinski definition) is 6. The van der Waals surface area contributed by atoms with Crippen LogP contribution in [0, 0.1) is 0 Å². The van der Waals surface area contributed by atoms with Crippen molar-refractivity contribution < 1.29 is 9.53 Å². The van der Waals surface area contributed by atoms with Gasteiger partial charge < -0.3 is 10.5 Å². The van der Waals surface area contributed by atoms with Crippen LogP contribution >= 0.6 is 34.5 Å². The molecule has 0 aliphatic rings. The number of halogens is 2. The third-order valence-corrected chi connectivity index (χ3v) is 3.79. The van der Waals surface area contributed by atoms with Crippen LogP contribution in [0.15, 0.2) is 11.7 Å². The summed E-state index contributed by atoms with van der Waals surface area (Å²) in [6.45, 7) is 1.91. The predicted molar refractivity (Wildman–Crippen MR) is 75.7 cm³/mol. The number of rotatable bonds is 3. The first-order valence-electron chi connectivity index (χ1n) is 5.26. The summed E-state index contributed by atoms with van der Waals surface area (Å²) in [7, 11) is 0. The van der Waals surface area contributed by atoms with Crippen molar-refractivity contribution in [2.75, 3.05) is 12.3 Å². The molecule has 2 aromatic rings. The van der Waals surface area contributed by atoms with Gasteiger partial charge in [0.2, 0.25) is 0 Å². The van der Waals surface area contributed by atoms with Crippen LogP contribution in [0.3, 0.4) is 0 Å². The van der Waals surface area contributed by atoms with Gasteiger partial charge in [0.05, 0.1) is 32.7 Å². The first-order chi connectivity index (χ1) is 9.06. The molecule has 2 N–H and O–H groups in total. The van der Waals surface area contributed by atoms with Crippen LogP contribution < -0.4 is 5.73 Å². The van der Waals surface area contributed by atoms with Crippen LogP contribution in [0.2, 0.25) is 10.0 Å². The summed E-state index contributed by atoms with van der Waals surface area (Å²) in [5.74, 6) is -0.637. The van der Waals surface area contributed by atoms with E-state index >= 15 is 0 Å². The zero-order chi connectivity index (χ0) is 14.0. The molecule has 0 bridgehead atoms. The van der Waals surface area contributed by atoms with Gasteiger partial charge in [-0.3, -0.25) is 4.98 Å². The van der Waals surface area contributed by atoms with Crippen molar-refractivity contribution in [1.29, 1.82) is 0 Å². The van der Waals surface area contributed by atoms with Gasteiger partial charge in [-0.1, -0.05) is 23.2 Å². The van der Waals surface area contributed by atoms with E-state index in [1.165, 1.54) is 11.3 Å². The Kier molecular flexibility index (Phi) is 4.24. The number of esters is 1. The Balaban J connectivity index is 2.60. The Bertz CT molecular complexity index is 617. The van der Waals surface area contributed by atoms with Gasteiger partial charge in [0.15, 0.2) is 5.69 Å². The lowest BCUT2D eigenvalue weighted by atomic mass is 10.2. The van der Waals surface area contributed by atoms with Crippen molar-refractivity contribution in [1.82, 2.24) is 9.97 Å². The van der Waals surface area contributed by atoms with Crippen molar-refractivity contribution in [3.8, 4) is 10.6 Å². The van der Waals surface area contributed by atoms with Crippen molar-refractivity contribution in [2.24, 2.45) is 0 Å². The summed E-state index contributed by atoms with van der Waals surface area (Å²) in [5, 5.41) is 0.194. The lowest BCUT2D eigenvalue weighted by Gasteiger charge is -2.10. The summed E-state index contributed by atoms with van der Waals surface area (Å²) in [6, 6.07) is 0. The summed E-state index contributed by atoms with van der Waals surface area (Å²) in [5.41, 5.74) is 7.85. The maximum atomic E-state index is 11.8. The summed E-state index contributed by atoms with van der Waals surface area (Å²) in [6.07, 6.45) is 1.58. The number of nitrogen functional groups attached to an aromatic ring is 1. The molecule has 2 rings (SSSR count). The van der Waals surface area contributed by atoms with E-state index in [0.717, 1.165) is 0 Å². The molecule has 0 aliphatic carbocycles. The van der Waals surface area contributed by atoms with E-state index in [-0.39, 0.29) is 28.0 Å². The molecule has 0 atom stereocenters. The predicted octanol–water partition coefficient (Wildman–Crippen LogP) is 3.27. The Morgan fingerprint density at radius 3 is 2.79 bits per heavy atom. The van der Waals surface area contributed by atoms with Crippen molar-refractivity contribution in [2.45, 2.75) is 6.92 Å². The van der Waals surface area contributed by atoms with Crippen molar-refractivity contribution in [3.05, 3.63) is 27.4 Å². The van der Waals surface area contributed by atoms with Gasteiger partial charge in [0.25, 0.3) is 0 Å². The highest BCUT2D eigenvalue weighted by Crippen LogP contribution is 2.38. The van der Waals surface area contributed by atoms with Crippen LogP contribution in [0.5, 0.6) is 0 Å². The zero-order valence-corrected chi connectivity index (χ0v) is 12.1. The molecule has 0 fully saturated rings. The monoisotopic (exact) mass is 317 g/mol. The number of anilines is 1. The minimum absolute atomic E-state index is 0.00304. The number of carbonyl (C=O) groups is 1. The Morgan fingerprint density at radius 2 is 2.21 bits per heavy atom. The summed E-state index contributed by atoms with van der Waals surface area (Å²) < 4.78 is 4.88. The Labute approximate surface area is 123 Å². The lowest BCUT2D eigenvalue weighted by molar-refractivity contribution is 0.0520. The highest BCUT2D eigenvalue weighted by molar-refractivity contribution is 7.13. The second-order valence-corrected chi connectivity index (χ2v) is 5.08. The SMILES string of the molecule is CCOC(=O)c1nc(-c2cncs2)c(Cl)c(N)c1Cl. The number of hydrogen-bond donors (Lipinski definition) is 1. The fourth-order valence-electron chi connectivity index (χ4n) is 1.39. The lowest BCUT2D eigenvalue weighted by Crippen LogP contribution is -2.10. The van der Waals surface area contributed by atoms with Crippen LogP contribution in [0.1, 0.15) is 17.4 Å². The maximum Gasteiger partial charge on any atom is 0.358 e. The first-order valence-corrected chi connectivity index (χ1v) is 6.90. The van der Waals surface area contributed by atoms with E-state index in [0.29, 0.717) is 10.6 Å². The largest absolute Gasteiger partial charge is 0.461 e. The van der Waals surface area contributed by atoms with Crippen LogP contribution in [-0.4, -0.2) is 22.5 Å². The fraction of sp³-hybridized carbons (Fsp3) is 0.182. The highest BCUT2D eigenvalue weighted by atomic mass is 35.5. The molecule has 2 aromatic heterocycles. The summed E-state index contributed by atoms with van der Waals surface area (Å²) >= 11 is 13.4. The zero-order valence-electron chi connectivity index (χ0n) is 9.81.